The van der Waals surface area contributed by atoms with Crippen molar-refractivity contribution in [3.63, 3.8) is 0 Å². The van der Waals surface area contributed by atoms with Gasteiger partial charge in [-0.3, -0.25) is 19.5 Å². The molecule has 0 aromatic heterocycles. The number of piperazine rings is 1. The topological polar surface area (TPSA) is 52.8 Å². The summed E-state index contributed by atoms with van der Waals surface area (Å²) < 4.78 is 0. The zero-order valence-electron chi connectivity index (χ0n) is 17.3. The van der Waals surface area contributed by atoms with E-state index in [9.17, 15) is 4.79 Å². The molecular formula is C22H36N4O. The number of primary amides is 1. The molecule has 27 heavy (non-hydrogen) atoms. The predicted molar refractivity (Wildman–Crippen MR) is 111 cm³/mol. The van der Waals surface area contributed by atoms with Crippen LogP contribution in [0.2, 0.25) is 0 Å². The fraction of sp³-hybridized carbons (Fsp3) is 0.682. The number of amides is 1. The lowest BCUT2D eigenvalue weighted by Crippen LogP contribution is -2.48. The van der Waals surface area contributed by atoms with E-state index in [2.05, 4.69) is 47.6 Å². The van der Waals surface area contributed by atoms with Gasteiger partial charge >= 0.3 is 0 Å². The van der Waals surface area contributed by atoms with Gasteiger partial charge in [0.05, 0.1) is 6.54 Å². The molecule has 0 atom stereocenters. The fourth-order valence-electron chi connectivity index (χ4n) is 4.37. The number of nitrogens with two attached hydrogens (primary N) is 1. The first-order chi connectivity index (χ1) is 12.9. The number of carbonyl (C=O) groups is 1. The van der Waals surface area contributed by atoms with Gasteiger partial charge in [0.15, 0.2) is 0 Å². The quantitative estimate of drug-likeness (QED) is 0.831. The van der Waals surface area contributed by atoms with Crippen molar-refractivity contribution in [2.75, 3.05) is 45.8 Å². The van der Waals surface area contributed by atoms with Crippen molar-refractivity contribution in [1.82, 2.24) is 14.7 Å². The second-order valence-corrected chi connectivity index (χ2v) is 8.69. The monoisotopic (exact) mass is 372 g/mol. The van der Waals surface area contributed by atoms with Crippen molar-refractivity contribution in [3.05, 3.63) is 34.4 Å². The van der Waals surface area contributed by atoms with Crippen LogP contribution in [-0.2, 0) is 17.9 Å². The van der Waals surface area contributed by atoms with Crippen LogP contribution in [0.4, 0.5) is 0 Å². The molecule has 150 valence electrons. The maximum absolute atomic E-state index is 11.1. The highest BCUT2D eigenvalue weighted by atomic mass is 16.1. The minimum absolute atomic E-state index is 0.227. The van der Waals surface area contributed by atoms with Gasteiger partial charge < -0.3 is 5.73 Å². The molecule has 0 radical (unpaired) electrons. The zero-order valence-corrected chi connectivity index (χ0v) is 17.3. The summed E-state index contributed by atoms with van der Waals surface area (Å²) in [6.07, 6.45) is 2.65. The van der Waals surface area contributed by atoms with Crippen LogP contribution in [0.15, 0.2) is 12.1 Å². The van der Waals surface area contributed by atoms with Gasteiger partial charge in [-0.05, 0) is 62.4 Å². The van der Waals surface area contributed by atoms with Gasteiger partial charge in [0.25, 0.3) is 0 Å². The molecule has 0 spiro atoms. The highest BCUT2D eigenvalue weighted by Gasteiger charge is 2.20. The number of hydrogen-bond donors (Lipinski definition) is 1. The SMILES string of the molecule is Cc1cc(CN2CCC(C)CC2)c(C)c(CN2CCN(CC(N)=O)CC2)c1. The first-order valence-corrected chi connectivity index (χ1v) is 10.4. The number of aryl methyl sites for hydroxylation is 1. The Balaban J connectivity index is 1.61. The summed E-state index contributed by atoms with van der Waals surface area (Å²) in [7, 11) is 0. The fourth-order valence-corrected chi connectivity index (χ4v) is 4.37. The van der Waals surface area contributed by atoms with Gasteiger partial charge in [-0.15, -0.1) is 0 Å². The van der Waals surface area contributed by atoms with Crippen molar-refractivity contribution >= 4 is 5.91 Å². The van der Waals surface area contributed by atoms with Crippen LogP contribution in [0.25, 0.3) is 0 Å². The zero-order chi connectivity index (χ0) is 19.4. The van der Waals surface area contributed by atoms with Crippen molar-refractivity contribution in [2.24, 2.45) is 11.7 Å². The van der Waals surface area contributed by atoms with E-state index >= 15 is 0 Å². The van der Waals surface area contributed by atoms with Crippen LogP contribution in [0.3, 0.4) is 0 Å². The highest BCUT2D eigenvalue weighted by Crippen LogP contribution is 2.23. The minimum Gasteiger partial charge on any atom is -0.369 e. The maximum atomic E-state index is 11.1. The highest BCUT2D eigenvalue weighted by molar-refractivity contribution is 5.75. The predicted octanol–water partition coefficient (Wildman–Crippen LogP) is 2.14. The summed E-state index contributed by atoms with van der Waals surface area (Å²) in [4.78, 5) is 18.4. The first kappa shape index (κ1) is 20.3. The molecule has 0 bridgehead atoms. The summed E-state index contributed by atoms with van der Waals surface area (Å²) in [5.41, 5.74) is 11.1. The standard InChI is InChI=1S/C22H36N4O/c1-17-4-6-24(7-5-17)14-20-12-18(2)13-21(19(20)3)15-25-8-10-26(11-9-25)16-22(23)27/h12-13,17H,4-11,14-16H2,1-3H3,(H2,23,27). The van der Waals surface area contributed by atoms with Crippen molar-refractivity contribution < 1.29 is 4.79 Å². The molecule has 0 saturated carbocycles. The Morgan fingerprint density at radius 3 is 1.93 bits per heavy atom. The van der Waals surface area contributed by atoms with Crippen LogP contribution in [0.1, 0.15) is 42.0 Å². The molecular weight excluding hydrogens is 336 g/mol. The van der Waals surface area contributed by atoms with Crippen molar-refractivity contribution in [2.45, 2.75) is 46.7 Å². The number of likely N-dealkylation sites (tertiary alicyclic amines) is 1. The number of benzene rings is 1. The van der Waals surface area contributed by atoms with Crippen LogP contribution in [0.5, 0.6) is 0 Å². The minimum atomic E-state index is -0.227. The second kappa shape index (κ2) is 9.18. The Morgan fingerprint density at radius 2 is 1.41 bits per heavy atom. The molecule has 1 amide bonds. The summed E-state index contributed by atoms with van der Waals surface area (Å²) >= 11 is 0. The van der Waals surface area contributed by atoms with Gasteiger partial charge in [-0.1, -0.05) is 24.6 Å². The van der Waals surface area contributed by atoms with Crippen molar-refractivity contribution in [1.29, 1.82) is 0 Å². The van der Waals surface area contributed by atoms with Gasteiger partial charge in [0, 0.05) is 39.3 Å². The summed E-state index contributed by atoms with van der Waals surface area (Å²) in [6.45, 7) is 15.7. The first-order valence-electron chi connectivity index (χ1n) is 10.4. The Labute approximate surface area is 164 Å². The smallest absolute Gasteiger partial charge is 0.231 e. The summed E-state index contributed by atoms with van der Waals surface area (Å²) in [5.74, 6) is 0.651. The molecule has 2 heterocycles. The average molecular weight is 373 g/mol. The van der Waals surface area contributed by atoms with E-state index in [0.717, 1.165) is 45.2 Å². The van der Waals surface area contributed by atoms with Crippen molar-refractivity contribution in [3.8, 4) is 0 Å². The van der Waals surface area contributed by atoms with Gasteiger partial charge in [-0.25, -0.2) is 0 Å². The summed E-state index contributed by atoms with van der Waals surface area (Å²) in [6, 6.07) is 4.73. The molecule has 3 rings (SSSR count). The lowest BCUT2D eigenvalue weighted by atomic mass is 9.95. The number of carbonyl (C=O) groups excluding carboxylic acids is 1. The lowest BCUT2D eigenvalue weighted by Gasteiger charge is -2.34. The van der Waals surface area contributed by atoms with Crippen LogP contribution in [-0.4, -0.2) is 66.4 Å². The van der Waals surface area contributed by atoms with E-state index in [1.807, 2.05) is 0 Å². The molecule has 1 aromatic rings. The van der Waals surface area contributed by atoms with Gasteiger partial charge in [0.2, 0.25) is 5.91 Å². The molecule has 2 saturated heterocycles. The lowest BCUT2D eigenvalue weighted by molar-refractivity contribution is -0.119. The number of nitrogens with zero attached hydrogens (tertiary/aromatic N) is 3. The normalized spacial score (nSPS) is 20.9. The van der Waals surface area contributed by atoms with E-state index in [0.29, 0.717) is 6.54 Å². The maximum Gasteiger partial charge on any atom is 0.231 e. The van der Waals surface area contributed by atoms with E-state index in [4.69, 9.17) is 5.73 Å². The molecule has 2 aliphatic heterocycles. The molecule has 2 N–H and O–H groups in total. The molecule has 0 aliphatic carbocycles. The Kier molecular flexibility index (Phi) is 6.90. The van der Waals surface area contributed by atoms with Gasteiger partial charge in [0.1, 0.15) is 0 Å². The number of piperidine rings is 1. The largest absolute Gasteiger partial charge is 0.369 e. The number of hydrogen-bond acceptors (Lipinski definition) is 4. The van der Waals surface area contributed by atoms with Crippen LogP contribution >= 0.6 is 0 Å². The number of rotatable bonds is 6. The average Bonchev–Trinajstić information content (AvgIpc) is 2.62. The van der Waals surface area contributed by atoms with Crippen LogP contribution in [0, 0.1) is 19.8 Å². The molecule has 5 nitrogen and oxygen atoms in total. The molecule has 0 unspecified atom stereocenters. The Hall–Kier alpha value is -1.43. The Bertz CT molecular complexity index is 644. The molecule has 2 fully saturated rings. The van der Waals surface area contributed by atoms with Crippen LogP contribution < -0.4 is 5.73 Å². The second-order valence-electron chi connectivity index (χ2n) is 8.69. The van der Waals surface area contributed by atoms with E-state index < -0.39 is 0 Å². The van der Waals surface area contributed by atoms with E-state index in [1.54, 1.807) is 0 Å². The van der Waals surface area contributed by atoms with E-state index in [1.165, 1.54) is 48.2 Å². The third-order valence-electron chi connectivity index (χ3n) is 6.28. The third kappa shape index (κ3) is 5.77. The molecule has 2 aliphatic rings. The third-order valence-corrected chi connectivity index (χ3v) is 6.28. The van der Waals surface area contributed by atoms with Gasteiger partial charge in [-0.2, -0.15) is 0 Å². The molecule has 1 aromatic carbocycles. The Morgan fingerprint density at radius 1 is 0.926 bits per heavy atom. The van der Waals surface area contributed by atoms with E-state index in [-0.39, 0.29) is 5.91 Å². The summed E-state index contributed by atoms with van der Waals surface area (Å²) in [5, 5.41) is 0. The molecule has 5 heteroatoms.